The Hall–Kier alpha value is -3.12. The van der Waals surface area contributed by atoms with Crippen molar-refractivity contribution in [3.05, 3.63) is 84.4 Å². The molecule has 6 heteroatoms. The number of anilines is 1. The first kappa shape index (κ1) is 20.6. The molecule has 3 aromatic rings. The van der Waals surface area contributed by atoms with Crippen molar-refractivity contribution in [3.8, 4) is 11.5 Å². The summed E-state index contributed by atoms with van der Waals surface area (Å²) in [7, 11) is -1.86. The number of ether oxygens (including phenoxy) is 1. The van der Waals surface area contributed by atoms with Crippen LogP contribution in [0.1, 0.15) is 12.0 Å². The van der Waals surface area contributed by atoms with Crippen molar-refractivity contribution in [2.75, 3.05) is 17.7 Å². The number of para-hydroxylation sites is 1. The molecule has 0 heterocycles. The highest BCUT2D eigenvalue weighted by atomic mass is 32.2. The summed E-state index contributed by atoms with van der Waals surface area (Å²) in [6, 6.07) is 23.1. The minimum Gasteiger partial charge on any atom is -0.457 e. The number of nitrogens with zero attached hydrogens (tertiary/aromatic N) is 1. The van der Waals surface area contributed by atoms with Crippen LogP contribution >= 0.6 is 0 Å². The summed E-state index contributed by atoms with van der Waals surface area (Å²) in [5.41, 5.74) is 1.66. The molecule has 0 saturated heterocycles. The number of carbonyl (C=O) groups excluding carboxylic acids is 1. The van der Waals surface area contributed by atoms with E-state index in [1.165, 1.54) is 4.90 Å². The summed E-state index contributed by atoms with van der Waals surface area (Å²) in [5.74, 6) is 0.889. The highest BCUT2D eigenvalue weighted by molar-refractivity contribution is 7.91. The molecule has 29 heavy (non-hydrogen) atoms. The molecule has 150 valence electrons. The van der Waals surface area contributed by atoms with E-state index in [1.54, 1.807) is 55.6 Å². The lowest BCUT2D eigenvalue weighted by atomic mass is 10.2. The van der Waals surface area contributed by atoms with E-state index < -0.39 is 9.84 Å². The van der Waals surface area contributed by atoms with E-state index in [0.717, 1.165) is 11.3 Å². The molecule has 1 amide bonds. The Morgan fingerprint density at radius 3 is 2.07 bits per heavy atom. The lowest BCUT2D eigenvalue weighted by Crippen LogP contribution is -2.28. The molecule has 5 nitrogen and oxygen atoms in total. The SMILES string of the molecule is Cc1ccc(S(=O)(=O)CCC(=O)N(C)c2ccc(Oc3ccccc3)cc2)cc1. The Morgan fingerprint density at radius 2 is 1.45 bits per heavy atom. The maximum atomic E-state index is 12.5. The fourth-order valence-corrected chi connectivity index (χ4v) is 3.99. The average molecular weight is 410 g/mol. The van der Waals surface area contributed by atoms with Gasteiger partial charge in [0.2, 0.25) is 5.91 Å². The van der Waals surface area contributed by atoms with Crippen LogP contribution in [0, 0.1) is 6.92 Å². The molecule has 0 N–H and O–H groups in total. The van der Waals surface area contributed by atoms with Crippen molar-refractivity contribution in [1.29, 1.82) is 0 Å². The number of hydrogen-bond donors (Lipinski definition) is 0. The summed E-state index contributed by atoms with van der Waals surface area (Å²) in [6.07, 6.45) is -0.0883. The van der Waals surface area contributed by atoms with E-state index >= 15 is 0 Å². The lowest BCUT2D eigenvalue weighted by molar-refractivity contribution is -0.117. The van der Waals surface area contributed by atoms with Gasteiger partial charge in [0, 0.05) is 19.2 Å². The predicted molar refractivity (Wildman–Crippen MR) is 114 cm³/mol. The molecular formula is C23H23NO4S. The van der Waals surface area contributed by atoms with Crippen LogP contribution in [-0.2, 0) is 14.6 Å². The Kier molecular flexibility index (Phi) is 6.34. The first-order valence-electron chi connectivity index (χ1n) is 9.24. The minimum absolute atomic E-state index is 0.0883. The van der Waals surface area contributed by atoms with Crippen molar-refractivity contribution in [1.82, 2.24) is 0 Å². The van der Waals surface area contributed by atoms with Crippen LogP contribution in [0.15, 0.2) is 83.8 Å². The lowest BCUT2D eigenvalue weighted by Gasteiger charge is -2.18. The van der Waals surface area contributed by atoms with Crippen LogP contribution in [0.4, 0.5) is 5.69 Å². The number of carbonyl (C=O) groups is 1. The highest BCUT2D eigenvalue weighted by Crippen LogP contribution is 2.24. The Balaban J connectivity index is 1.60. The van der Waals surface area contributed by atoms with Gasteiger partial charge in [-0.15, -0.1) is 0 Å². The molecule has 0 radical (unpaired) electrons. The van der Waals surface area contributed by atoms with E-state index in [-0.39, 0.29) is 23.0 Å². The molecule has 0 atom stereocenters. The first-order chi connectivity index (χ1) is 13.8. The van der Waals surface area contributed by atoms with Gasteiger partial charge in [0.05, 0.1) is 10.6 Å². The molecule has 0 aromatic heterocycles. The second-order valence-corrected chi connectivity index (χ2v) is 8.85. The van der Waals surface area contributed by atoms with E-state index in [4.69, 9.17) is 4.74 Å². The fraction of sp³-hybridized carbons (Fsp3) is 0.174. The predicted octanol–water partition coefficient (Wildman–Crippen LogP) is 4.61. The molecule has 0 fully saturated rings. The van der Waals surface area contributed by atoms with Crippen molar-refractivity contribution in [2.24, 2.45) is 0 Å². The van der Waals surface area contributed by atoms with Gasteiger partial charge in [-0.1, -0.05) is 35.9 Å². The van der Waals surface area contributed by atoms with Crippen molar-refractivity contribution >= 4 is 21.4 Å². The number of benzene rings is 3. The van der Waals surface area contributed by atoms with Crippen molar-refractivity contribution < 1.29 is 17.9 Å². The zero-order valence-electron chi connectivity index (χ0n) is 16.4. The van der Waals surface area contributed by atoms with Gasteiger partial charge >= 0.3 is 0 Å². The number of sulfone groups is 1. The standard InChI is InChI=1S/C23H23NO4S/c1-18-8-14-22(15-9-18)29(26,27)17-16-23(25)24(2)19-10-12-21(13-11-19)28-20-6-4-3-5-7-20/h3-15H,16-17H2,1-2H3. The summed E-state index contributed by atoms with van der Waals surface area (Å²) in [4.78, 5) is 14.2. The topological polar surface area (TPSA) is 63.7 Å². The molecule has 0 spiro atoms. The van der Waals surface area contributed by atoms with E-state index in [0.29, 0.717) is 11.4 Å². The minimum atomic E-state index is -3.50. The van der Waals surface area contributed by atoms with Gasteiger partial charge in [0.15, 0.2) is 9.84 Å². The maximum absolute atomic E-state index is 12.5. The van der Waals surface area contributed by atoms with E-state index in [1.807, 2.05) is 37.3 Å². The highest BCUT2D eigenvalue weighted by Gasteiger charge is 2.19. The second kappa shape index (κ2) is 8.92. The number of amides is 1. The summed E-state index contributed by atoms with van der Waals surface area (Å²) < 4.78 is 30.6. The molecule has 0 aliphatic heterocycles. The zero-order chi connectivity index (χ0) is 20.9. The fourth-order valence-electron chi connectivity index (χ4n) is 2.76. The second-order valence-electron chi connectivity index (χ2n) is 6.74. The van der Waals surface area contributed by atoms with Gasteiger partial charge in [0.1, 0.15) is 11.5 Å². The summed E-state index contributed by atoms with van der Waals surface area (Å²) in [6.45, 7) is 1.89. The van der Waals surface area contributed by atoms with Gasteiger partial charge in [-0.25, -0.2) is 8.42 Å². The monoisotopic (exact) mass is 409 g/mol. The molecule has 0 unspecified atom stereocenters. The van der Waals surface area contributed by atoms with Gasteiger partial charge in [-0.05, 0) is 55.5 Å². The van der Waals surface area contributed by atoms with Crippen molar-refractivity contribution in [2.45, 2.75) is 18.2 Å². The number of rotatable bonds is 7. The Bertz CT molecular complexity index is 1060. The summed E-state index contributed by atoms with van der Waals surface area (Å²) >= 11 is 0. The molecule has 0 aliphatic rings. The van der Waals surface area contributed by atoms with Crippen molar-refractivity contribution in [3.63, 3.8) is 0 Å². The number of hydrogen-bond acceptors (Lipinski definition) is 4. The third-order valence-corrected chi connectivity index (χ3v) is 6.27. The smallest absolute Gasteiger partial charge is 0.227 e. The van der Waals surface area contributed by atoms with Crippen LogP contribution < -0.4 is 9.64 Å². The third kappa shape index (κ3) is 5.45. The largest absolute Gasteiger partial charge is 0.457 e. The van der Waals surface area contributed by atoms with Gasteiger partial charge in [-0.2, -0.15) is 0 Å². The number of aryl methyl sites for hydroxylation is 1. The third-order valence-electron chi connectivity index (χ3n) is 4.54. The average Bonchev–Trinajstić information content (AvgIpc) is 2.73. The van der Waals surface area contributed by atoms with Crippen LogP contribution in [-0.4, -0.2) is 27.1 Å². The first-order valence-corrected chi connectivity index (χ1v) is 10.9. The summed E-state index contributed by atoms with van der Waals surface area (Å²) in [5, 5.41) is 0. The van der Waals surface area contributed by atoms with Crippen LogP contribution in [0.25, 0.3) is 0 Å². The zero-order valence-corrected chi connectivity index (χ0v) is 17.2. The quantitative estimate of drug-likeness (QED) is 0.571. The normalized spacial score (nSPS) is 11.1. The maximum Gasteiger partial charge on any atom is 0.227 e. The molecular weight excluding hydrogens is 386 g/mol. The van der Waals surface area contributed by atoms with Crippen LogP contribution in [0.2, 0.25) is 0 Å². The van der Waals surface area contributed by atoms with Gasteiger partial charge in [0.25, 0.3) is 0 Å². The Morgan fingerprint density at radius 1 is 0.862 bits per heavy atom. The van der Waals surface area contributed by atoms with E-state index in [9.17, 15) is 13.2 Å². The van der Waals surface area contributed by atoms with Gasteiger partial charge in [-0.3, -0.25) is 4.79 Å². The van der Waals surface area contributed by atoms with Crippen LogP contribution in [0.5, 0.6) is 11.5 Å². The Labute approximate surface area is 171 Å². The molecule has 0 aliphatic carbocycles. The van der Waals surface area contributed by atoms with Crippen LogP contribution in [0.3, 0.4) is 0 Å². The molecule has 3 aromatic carbocycles. The molecule has 0 saturated carbocycles. The molecule has 0 bridgehead atoms. The van der Waals surface area contributed by atoms with E-state index in [2.05, 4.69) is 0 Å². The molecule has 3 rings (SSSR count). The van der Waals surface area contributed by atoms with Gasteiger partial charge < -0.3 is 9.64 Å².